The smallest absolute Gasteiger partial charge is 0.265 e. The summed E-state index contributed by atoms with van der Waals surface area (Å²) >= 11 is 5.14. The van der Waals surface area contributed by atoms with Crippen molar-refractivity contribution in [1.29, 1.82) is 0 Å². The molecule has 11 nitrogen and oxygen atoms in total. The molecule has 2 aromatic rings. The molecule has 0 radical (unpaired) electrons. The standard InChI is InChI=1S/C19H26N4O7S6/c1-31-17-3-4-20-19(23-17)16(34-6-8-36(28,29)30)10-13(24)9-15(33-5-7-35(25,26)27)14-11-18(32-2)22-12-21-14/h3-4,11-12,15-16H,5-10H2,1-2H3,(H,25,26,27)(H,28,29,30). The molecule has 2 heterocycles. The highest BCUT2D eigenvalue weighted by molar-refractivity contribution is 8.01. The Hall–Kier alpha value is -0.950. The van der Waals surface area contributed by atoms with Crippen LogP contribution in [0.3, 0.4) is 0 Å². The number of carbonyl (C=O) groups excluding carboxylic acids is 1. The van der Waals surface area contributed by atoms with Gasteiger partial charge in [-0.25, -0.2) is 19.9 Å². The summed E-state index contributed by atoms with van der Waals surface area (Å²) in [5.41, 5.74) is 0.555. The molecule has 0 saturated heterocycles. The van der Waals surface area contributed by atoms with Gasteiger partial charge in [-0.1, -0.05) is 0 Å². The molecule has 0 saturated carbocycles. The van der Waals surface area contributed by atoms with E-state index in [0.717, 1.165) is 11.8 Å². The quantitative estimate of drug-likeness (QED) is 0.160. The molecule has 0 amide bonds. The average Bonchev–Trinajstić information content (AvgIpc) is 2.81. The lowest BCUT2D eigenvalue weighted by molar-refractivity contribution is -0.119. The fourth-order valence-corrected chi connectivity index (χ4v) is 7.79. The third-order valence-electron chi connectivity index (χ3n) is 4.49. The zero-order valence-electron chi connectivity index (χ0n) is 19.4. The van der Waals surface area contributed by atoms with Gasteiger partial charge < -0.3 is 0 Å². The molecule has 0 aliphatic rings. The van der Waals surface area contributed by atoms with E-state index in [0.29, 0.717) is 21.6 Å². The monoisotopic (exact) mass is 614 g/mol. The van der Waals surface area contributed by atoms with Crippen molar-refractivity contribution < 1.29 is 30.7 Å². The van der Waals surface area contributed by atoms with Crippen molar-refractivity contribution in [3.63, 3.8) is 0 Å². The second kappa shape index (κ2) is 14.8. The van der Waals surface area contributed by atoms with E-state index in [-0.39, 0.29) is 30.1 Å². The molecule has 2 aromatic heterocycles. The van der Waals surface area contributed by atoms with Crippen molar-refractivity contribution in [1.82, 2.24) is 19.9 Å². The lowest BCUT2D eigenvalue weighted by atomic mass is 10.1. The van der Waals surface area contributed by atoms with Crippen LogP contribution in [0.1, 0.15) is 34.9 Å². The van der Waals surface area contributed by atoms with Crippen LogP contribution in [-0.4, -0.2) is 87.2 Å². The maximum Gasteiger partial charge on any atom is 0.265 e. The zero-order chi connectivity index (χ0) is 26.8. The largest absolute Gasteiger partial charge is 0.300 e. The molecule has 2 N–H and O–H groups in total. The van der Waals surface area contributed by atoms with Crippen LogP contribution in [0, 0.1) is 0 Å². The number of hydrogen-bond acceptors (Lipinski definition) is 13. The third-order valence-corrected chi connectivity index (χ3v) is 10.2. The predicted octanol–water partition coefficient (Wildman–Crippen LogP) is 3.08. The van der Waals surface area contributed by atoms with E-state index in [1.807, 2.05) is 12.5 Å². The molecular formula is C19H26N4O7S6. The normalized spacial score (nSPS) is 13.9. The molecule has 36 heavy (non-hydrogen) atoms. The Morgan fingerprint density at radius 2 is 1.47 bits per heavy atom. The first-order valence-electron chi connectivity index (χ1n) is 10.3. The number of hydrogen-bond donors (Lipinski definition) is 2. The average molecular weight is 615 g/mol. The number of aromatic nitrogens is 4. The van der Waals surface area contributed by atoms with Crippen LogP contribution in [0.2, 0.25) is 0 Å². The van der Waals surface area contributed by atoms with E-state index in [4.69, 9.17) is 9.11 Å². The fraction of sp³-hybridized carbons (Fsp3) is 0.526. The number of ketones is 1. The Morgan fingerprint density at radius 3 is 2.06 bits per heavy atom. The molecule has 200 valence electrons. The van der Waals surface area contributed by atoms with Crippen molar-refractivity contribution in [2.45, 2.75) is 33.4 Å². The van der Waals surface area contributed by atoms with E-state index in [1.54, 1.807) is 18.3 Å². The molecule has 0 fully saturated rings. The van der Waals surface area contributed by atoms with Gasteiger partial charge in [0, 0.05) is 30.5 Å². The first-order valence-corrected chi connectivity index (χ1v) is 18.0. The van der Waals surface area contributed by atoms with Crippen LogP contribution in [-0.2, 0) is 25.0 Å². The predicted molar refractivity (Wildman–Crippen MR) is 145 cm³/mol. The van der Waals surface area contributed by atoms with E-state index < -0.39 is 42.2 Å². The summed E-state index contributed by atoms with van der Waals surface area (Å²) in [5, 5.41) is 0.336. The summed E-state index contributed by atoms with van der Waals surface area (Å²) in [6.07, 6.45) is 6.62. The number of thioether (sulfide) groups is 4. The Balaban J connectivity index is 2.22. The highest BCUT2D eigenvalue weighted by Crippen LogP contribution is 2.36. The zero-order valence-corrected chi connectivity index (χ0v) is 24.3. The molecule has 0 aromatic carbocycles. The van der Waals surface area contributed by atoms with Gasteiger partial charge in [0.1, 0.15) is 17.9 Å². The number of carbonyl (C=O) groups is 1. The van der Waals surface area contributed by atoms with Crippen LogP contribution >= 0.6 is 47.0 Å². The minimum atomic E-state index is -4.17. The summed E-state index contributed by atoms with van der Waals surface area (Å²) in [6.45, 7) is 0. The van der Waals surface area contributed by atoms with Gasteiger partial charge >= 0.3 is 0 Å². The van der Waals surface area contributed by atoms with Crippen LogP contribution in [0.4, 0.5) is 0 Å². The van der Waals surface area contributed by atoms with Gasteiger partial charge in [0.05, 0.1) is 37.8 Å². The number of Topliss-reactive ketones (excluding diaryl/α,β-unsaturated/α-hetero) is 1. The SMILES string of the molecule is CSc1cc(C(CC(=O)CC(SCCS(=O)(=O)O)c2nccc(SC)n2)SCCS(=O)(=O)O)ncn1. The second-order valence-electron chi connectivity index (χ2n) is 7.18. The van der Waals surface area contributed by atoms with Crippen molar-refractivity contribution in [3.05, 3.63) is 36.2 Å². The maximum absolute atomic E-state index is 13.2. The highest BCUT2D eigenvalue weighted by atomic mass is 32.2. The Morgan fingerprint density at radius 1 is 0.889 bits per heavy atom. The fourth-order valence-electron chi connectivity index (χ4n) is 2.83. The molecule has 2 unspecified atom stereocenters. The molecule has 0 bridgehead atoms. The van der Waals surface area contributed by atoms with Crippen molar-refractivity contribution in [2.24, 2.45) is 0 Å². The minimum absolute atomic E-state index is 0.0101. The van der Waals surface area contributed by atoms with Crippen LogP contribution in [0.25, 0.3) is 0 Å². The van der Waals surface area contributed by atoms with Crippen molar-refractivity contribution in [2.75, 3.05) is 35.5 Å². The second-order valence-corrected chi connectivity index (χ2v) is 14.6. The summed E-state index contributed by atoms with van der Waals surface area (Å²) in [6, 6.07) is 3.45. The van der Waals surface area contributed by atoms with Gasteiger partial charge in [0.15, 0.2) is 0 Å². The molecule has 0 aliphatic heterocycles. The van der Waals surface area contributed by atoms with Crippen molar-refractivity contribution in [3.8, 4) is 0 Å². The number of nitrogens with zero attached hydrogens (tertiary/aromatic N) is 4. The van der Waals surface area contributed by atoms with Crippen LogP contribution in [0.15, 0.2) is 34.7 Å². The van der Waals surface area contributed by atoms with E-state index >= 15 is 0 Å². The van der Waals surface area contributed by atoms with Crippen LogP contribution in [0.5, 0.6) is 0 Å². The maximum atomic E-state index is 13.2. The summed E-state index contributed by atoms with van der Waals surface area (Å²) in [5.74, 6) is -0.660. The first kappa shape index (κ1) is 31.3. The van der Waals surface area contributed by atoms with Gasteiger partial charge in [0.25, 0.3) is 20.2 Å². The molecule has 2 atom stereocenters. The highest BCUT2D eigenvalue weighted by Gasteiger charge is 2.25. The van der Waals surface area contributed by atoms with E-state index in [2.05, 4.69) is 19.9 Å². The molecule has 2 rings (SSSR count). The van der Waals surface area contributed by atoms with E-state index in [1.165, 1.54) is 41.6 Å². The third kappa shape index (κ3) is 12.1. The number of rotatable bonds is 16. The first-order chi connectivity index (χ1) is 16.9. The molecular weight excluding hydrogens is 589 g/mol. The molecule has 0 aliphatic carbocycles. The molecule has 0 spiro atoms. The molecule has 17 heteroatoms. The topological polar surface area (TPSA) is 177 Å². The minimum Gasteiger partial charge on any atom is -0.300 e. The van der Waals surface area contributed by atoms with Gasteiger partial charge in [0.2, 0.25) is 0 Å². The lowest BCUT2D eigenvalue weighted by Crippen LogP contribution is -2.14. The summed E-state index contributed by atoms with van der Waals surface area (Å²) in [7, 11) is -8.33. The summed E-state index contributed by atoms with van der Waals surface area (Å²) < 4.78 is 62.8. The van der Waals surface area contributed by atoms with Gasteiger partial charge in [-0.15, -0.1) is 35.3 Å². The van der Waals surface area contributed by atoms with E-state index in [9.17, 15) is 21.6 Å². The van der Waals surface area contributed by atoms with Gasteiger partial charge in [-0.3, -0.25) is 13.9 Å². The van der Waals surface area contributed by atoms with Crippen molar-refractivity contribution >= 4 is 73.1 Å². The Labute approximate surface area is 227 Å². The van der Waals surface area contributed by atoms with Gasteiger partial charge in [-0.2, -0.15) is 28.6 Å². The van der Waals surface area contributed by atoms with Crippen LogP contribution < -0.4 is 0 Å². The van der Waals surface area contributed by atoms with Gasteiger partial charge in [-0.05, 0) is 24.6 Å². The Bertz CT molecular complexity index is 1140. The lowest BCUT2D eigenvalue weighted by Gasteiger charge is -2.18. The summed E-state index contributed by atoms with van der Waals surface area (Å²) in [4.78, 5) is 30.3. The Kier molecular flexibility index (Phi) is 12.9.